The van der Waals surface area contributed by atoms with Crippen LogP contribution in [-0.4, -0.2) is 22.2 Å². The van der Waals surface area contributed by atoms with Gasteiger partial charge in [0.15, 0.2) is 0 Å². The number of ether oxygens (including phenoxy) is 1. The van der Waals surface area contributed by atoms with E-state index < -0.39 is 0 Å². The van der Waals surface area contributed by atoms with Gasteiger partial charge >= 0.3 is 0 Å². The Morgan fingerprint density at radius 3 is 1.92 bits per heavy atom. The summed E-state index contributed by atoms with van der Waals surface area (Å²) in [5.74, 6) is 0. The third kappa shape index (κ3) is 1.78. The van der Waals surface area contributed by atoms with E-state index in [4.69, 9.17) is 4.74 Å². The van der Waals surface area contributed by atoms with Gasteiger partial charge < -0.3 is 4.74 Å². The first-order valence-corrected chi connectivity index (χ1v) is 6.84. The first kappa shape index (κ1) is 9.22. The summed E-state index contributed by atoms with van der Waals surface area (Å²) in [5.41, 5.74) is 0.0387. The van der Waals surface area contributed by atoms with Crippen molar-refractivity contribution in [3.63, 3.8) is 0 Å². The maximum atomic E-state index is 6.04. The average Bonchev–Trinajstić information content (AvgIpc) is 2.46. The first-order valence-electron chi connectivity index (χ1n) is 4.56. The highest BCUT2D eigenvalue weighted by Gasteiger charge is 2.45. The lowest BCUT2D eigenvalue weighted by Gasteiger charge is -2.26. The Labute approximate surface area is 82.4 Å². The molecule has 2 bridgehead atoms. The molecule has 0 radical (unpaired) electrons. The van der Waals surface area contributed by atoms with Gasteiger partial charge in [-0.2, -0.15) is 0 Å². The fourth-order valence-corrected chi connectivity index (χ4v) is 5.45. The van der Waals surface area contributed by atoms with Crippen molar-refractivity contribution in [1.29, 1.82) is 0 Å². The van der Waals surface area contributed by atoms with Gasteiger partial charge in [0.05, 0.1) is 11.7 Å². The van der Waals surface area contributed by atoms with Crippen LogP contribution in [0.2, 0.25) is 0 Å². The van der Waals surface area contributed by atoms with Crippen LogP contribution in [0.4, 0.5) is 0 Å². The van der Waals surface area contributed by atoms with Crippen LogP contribution in [0.25, 0.3) is 0 Å². The Kier molecular flexibility index (Phi) is 2.39. The molecule has 2 fully saturated rings. The third-order valence-corrected chi connectivity index (χ3v) is 5.69. The van der Waals surface area contributed by atoms with Crippen molar-refractivity contribution in [1.82, 2.24) is 0 Å². The van der Waals surface area contributed by atoms with Crippen molar-refractivity contribution in [2.75, 3.05) is 0 Å². The molecule has 1 saturated carbocycles. The lowest BCUT2D eigenvalue weighted by atomic mass is 10.1. The summed E-state index contributed by atoms with van der Waals surface area (Å²) in [7, 11) is 4.07. The van der Waals surface area contributed by atoms with Crippen LogP contribution in [-0.2, 0) is 4.74 Å². The minimum Gasteiger partial charge on any atom is -0.370 e. The molecule has 70 valence electrons. The zero-order valence-corrected chi connectivity index (χ0v) is 9.50. The summed E-state index contributed by atoms with van der Waals surface area (Å²) in [6, 6.07) is 0. The minimum absolute atomic E-state index is 0.0387. The van der Waals surface area contributed by atoms with E-state index in [-0.39, 0.29) is 5.60 Å². The van der Waals surface area contributed by atoms with Gasteiger partial charge in [0.2, 0.25) is 0 Å². The van der Waals surface area contributed by atoms with Crippen molar-refractivity contribution in [2.45, 2.75) is 55.8 Å². The number of hydrogen-bond acceptors (Lipinski definition) is 3. The molecule has 0 aromatic rings. The summed E-state index contributed by atoms with van der Waals surface area (Å²) < 4.78 is 6.04. The fourth-order valence-electron chi connectivity index (χ4n) is 1.80. The van der Waals surface area contributed by atoms with Crippen LogP contribution < -0.4 is 0 Å². The van der Waals surface area contributed by atoms with Crippen molar-refractivity contribution < 1.29 is 4.74 Å². The molecule has 1 heterocycles. The zero-order valence-electron chi connectivity index (χ0n) is 7.87. The summed E-state index contributed by atoms with van der Waals surface area (Å²) in [6.07, 6.45) is 3.26. The Balaban J connectivity index is 1.97. The van der Waals surface area contributed by atoms with Gasteiger partial charge in [0, 0.05) is 10.5 Å². The normalized spacial score (nSPS) is 40.8. The highest BCUT2D eigenvalue weighted by Crippen LogP contribution is 2.54. The molecule has 1 aliphatic heterocycles. The Bertz CT molecular complexity index is 156. The second kappa shape index (κ2) is 3.10. The van der Waals surface area contributed by atoms with E-state index in [0.717, 1.165) is 10.5 Å². The van der Waals surface area contributed by atoms with Gasteiger partial charge in [-0.15, -0.1) is 0 Å². The Morgan fingerprint density at radius 1 is 1.08 bits per heavy atom. The van der Waals surface area contributed by atoms with Crippen molar-refractivity contribution in [3.8, 4) is 0 Å². The highest BCUT2D eigenvalue weighted by atomic mass is 33.1. The fraction of sp³-hybridized carbons (Fsp3) is 1.00. The van der Waals surface area contributed by atoms with Gasteiger partial charge in [-0.05, 0) is 33.6 Å². The zero-order chi connectivity index (χ0) is 8.77. The third-order valence-electron chi connectivity index (χ3n) is 2.26. The van der Waals surface area contributed by atoms with Gasteiger partial charge in [0.1, 0.15) is 0 Å². The van der Waals surface area contributed by atoms with E-state index in [0.29, 0.717) is 6.10 Å². The van der Waals surface area contributed by atoms with Gasteiger partial charge in [-0.1, -0.05) is 21.6 Å². The Morgan fingerprint density at radius 2 is 1.58 bits per heavy atom. The second-order valence-electron chi connectivity index (χ2n) is 4.54. The molecule has 0 amide bonds. The molecule has 12 heavy (non-hydrogen) atoms. The van der Waals surface area contributed by atoms with Gasteiger partial charge in [-0.25, -0.2) is 0 Å². The molecule has 2 atom stereocenters. The topological polar surface area (TPSA) is 9.23 Å². The SMILES string of the molecule is CC(C)(C)OC1C2CCC1SS2. The van der Waals surface area contributed by atoms with E-state index >= 15 is 0 Å². The van der Waals surface area contributed by atoms with Crippen molar-refractivity contribution in [2.24, 2.45) is 0 Å². The molecule has 2 aliphatic rings. The van der Waals surface area contributed by atoms with Crippen LogP contribution in [0.1, 0.15) is 33.6 Å². The molecule has 1 saturated heterocycles. The molecule has 0 N–H and O–H groups in total. The highest BCUT2D eigenvalue weighted by molar-refractivity contribution is 8.77. The molecule has 3 heteroatoms. The number of fused-ring (bicyclic) bond motifs is 2. The maximum Gasteiger partial charge on any atom is 0.0835 e. The van der Waals surface area contributed by atoms with Crippen LogP contribution in [0.5, 0.6) is 0 Å². The molecular weight excluding hydrogens is 188 g/mol. The minimum atomic E-state index is 0.0387. The predicted octanol–water partition coefficient (Wildman–Crippen LogP) is 3.10. The second-order valence-corrected chi connectivity index (χ2v) is 7.29. The molecule has 0 aromatic carbocycles. The van der Waals surface area contributed by atoms with Crippen LogP contribution in [0, 0.1) is 0 Å². The summed E-state index contributed by atoms with van der Waals surface area (Å²) in [4.78, 5) is 0. The lowest BCUT2D eigenvalue weighted by molar-refractivity contribution is -0.0501. The quantitative estimate of drug-likeness (QED) is 0.607. The van der Waals surface area contributed by atoms with Crippen molar-refractivity contribution >= 4 is 21.6 Å². The summed E-state index contributed by atoms with van der Waals surface area (Å²) in [6.45, 7) is 6.46. The number of rotatable bonds is 1. The maximum absolute atomic E-state index is 6.04. The van der Waals surface area contributed by atoms with Gasteiger partial charge in [0.25, 0.3) is 0 Å². The first-order chi connectivity index (χ1) is 5.56. The lowest BCUT2D eigenvalue weighted by Crippen LogP contribution is -2.33. The average molecular weight is 204 g/mol. The summed E-state index contributed by atoms with van der Waals surface area (Å²) in [5, 5.41) is 1.55. The van der Waals surface area contributed by atoms with E-state index in [1.165, 1.54) is 12.8 Å². The van der Waals surface area contributed by atoms with Crippen LogP contribution in [0.15, 0.2) is 0 Å². The molecule has 0 aromatic heterocycles. The monoisotopic (exact) mass is 204 g/mol. The molecular formula is C9H16OS2. The van der Waals surface area contributed by atoms with Gasteiger partial charge in [-0.3, -0.25) is 0 Å². The van der Waals surface area contributed by atoms with Crippen molar-refractivity contribution in [3.05, 3.63) is 0 Å². The molecule has 1 aliphatic carbocycles. The standard InChI is InChI=1S/C9H16OS2/c1-9(2,3)10-8-6-4-5-7(8)12-11-6/h6-8H,4-5H2,1-3H3. The predicted molar refractivity (Wildman–Crippen MR) is 56.6 cm³/mol. The molecule has 2 unspecified atom stereocenters. The molecule has 2 rings (SSSR count). The number of hydrogen-bond donors (Lipinski definition) is 0. The van der Waals surface area contributed by atoms with E-state index in [1.54, 1.807) is 0 Å². The van der Waals surface area contributed by atoms with E-state index in [9.17, 15) is 0 Å². The largest absolute Gasteiger partial charge is 0.370 e. The summed E-state index contributed by atoms with van der Waals surface area (Å²) >= 11 is 0. The van der Waals surface area contributed by atoms with Crippen LogP contribution >= 0.6 is 21.6 Å². The molecule has 1 nitrogen and oxygen atoms in total. The van der Waals surface area contributed by atoms with E-state index in [2.05, 4.69) is 20.8 Å². The smallest absolute Gasteiger partial charge is 0.0835 e. The molecule has 0 spiro atoms. The Hall–Kier alpha value is 0.660. The van der Waals surface area contributed by atoms with Crippen LogP contribution in [0.3, 0.4) is 0 Å². The van der Waals surface area contributed by atoms with E-state index in [1.807, 2.05) is 21.6 Å².